The van der Waals surface area contributed by atoms with E-state index in [0.717, 1.165) is 13.0 Å². The second kappa shape index (κ2) is 14.8. The quantitative estimate of drug-likeness (QED) is 0.392. The molecule has 0 aliphatic heterocycles. The molecule has 0 aromatic heterocycles. The van der Waals surface area contributed by atoms with Crippen molar-refractivity contribution < 1.29 is 26.6 Å². The molecule has 19 heavy (non-hydrogen) atoms. The molecule has 1 unspecified atom stereocenters. The summed E-state index contributed by atoms with van der Waals surface area (Å²) in [4.78, 5) is 0. The van der Waals surface area contributed by atoms with Crippen LogP contribution in [0.15, 0.2) is 0 Å². The Kier molecular flexibility index (Phi) is 16.9. The molecular weight excluding hydrogens is 302 g/mol. The number of hydrogen-bond acceptors (Lipinski definition) is 1. The maximum absolute atomic E-state index is 9.03. The van der Waals surface area contributed by atoms with Crippen LogP contribution in [0, 0.1) is 0 Å². The predicted molar refractivity (Wildman–Crippen MR) is 80.8 cm³/mol. The van der Waals surface area contributed by atoms with Crippen molar-refractivity contribution in [2.24, 2.45) is 0 Å². The van der Waals surface area contributed by atoms with Crippen molar-refractivity contribution in [1.82, 2.24) is 0 Å². The summed E-state index contributed by atoms with van der Waals surface area (Å²) in [6.07, 6.45) is 11.8. The average Bonchev–Trinajstić information content (AvgIpc) is 2.37. The van der Waals surface area contributed by atoms with Gasteiger partial charge in [-0.05, 0) is 25.7 Å². The van der Waals surface area contributed by atoms with Gasteiger partial charge in [0.1, 0.15) is 0 Å². The summed E-state index contributed by atoms with van der Waals surface area (Å²) in [5, 5.41) is 9.03. The fourth-order valence-electron chi connectivity index (χ4n) is 2.63. The van der Waals surface area contributed by atoms with Crippen LogP contribution in [0.4, 0.5) is 0 Å². The largest absolute Gasteiger partial charge is 1.00 e. The molecular formula is C16H36BrNO. The van der Waals surface area contributed by atoms with Crippen molar-refractivity contribution in [3.63, 3.8) is 0 Å². The molecule has 0 heterocycles. The Bertz CT molecular complexity index is 178. The number of rotatable bonds is 13. The lowest BCUT2D eigenvalue weighted by Gasteiger charge is -2.35. The summed E-state index contributed by atoms with van der Waals surface area (Å²) in [6, 6.07) is 0. The van der Waals surface area contributed by atoms with Gasteiger partial charge < -0.3 is 26.6 Å². The van der Waals surface area contributed by atoms with Gasteiger partial charge in [-0.2, -0.15) is 0 Å². The highest BCUT2D eigenvalue weighted by Crippen LogP contribution is 2.12. The molecule has 0 amide bonds. The van der Waals surface area contributed by atoms with Crippen LogP contribution >= 0.6 is 0 Å². The van der Waals surface area contributed by atoms with E-state index in [1.165, 1.54) is 68.9 Å². The molecule has 0 fully saturated rings. The highest BCUT2D eigenvalue weighted by Gasteiger charge is 2.19. The van der Waals surface area contributed by atoms with E-state index >= 15 is 0 Å². The van der Waals surface area contributed by atoms with Gasteiger partial charge in [0.2, 0.25) is 0 Å². The van der Waals surface area contributed by atoms with Gasteiger partial charge in [-0.15, -0.1) is 0 Å². The summed E-state index contributed by atoms with van der Waals surface area (Å²) in [7, 11) is 2.38. The van der Waals surface area contributed by atoms with Crippen molar-refractivity contribution >= 4 is 0 Å². The number of halogens is 1. The third-order valence-electron chi connectivity index (χ3n) is 3.96. The maximum atomic E-state index is 9.03. The number of unbranched alkanes of at least 4 members (excludes halogenated alkanes) is 6. The minimum atomic E-state index is 0. The Morgan fingerprint density at radius 1 is 0.684 bits per heavy atom. The second-order valence-corrected chi connectivity index (χ2v) is 5.99. The van der Waals surface area contributed by atoms with Crippen LogP contribution in [0.25, 0.3) is 0 Å². The van der Waals surface area contributed by atoms with E-state index in [1.807, 2.05) is 0 Å². The van der Waals surface area contributed by atoms with Crippen LogP contribution in [-0.2, 0) is 0 Å². The highest BCUT2D eigenvalue weighted by atomic mass is 79.9. The van der Waals surface area contributed by atoms with Gasteiger partial charge in [0.25, 0.3) is 0 Å². The zero-order valence-electron chi connectivity index (χ0n) is 13.5. The van der Waals surface area contributed by atoms with Gasteiger partial charge in [0, 0.05) is 13.0 Å². The van der Waals surface area contributed by atoms with Gasteiger partial charge in [0.15, 0.2) is 0 Å². The Morgan fingerprint density at radius 3 is 1.63 bits per heavy atom. The van der Waals surface area contributed by atoms with E-state index < -0.39 is 0 Å². The normalized spacial score (nSPS) is 13.9. The molecule has 0 saturated heterocycles. The lowest BCUT2D eigenvalue weighted by atomic mass is 10.1. The third-order valence-corrected chi connectivity index (χ3v) is 3.96. The van der Waals surface area contributed by atoms with E-state index in [0.29, 0.717) is 6.61 Å². The van der Waals surface area contributed by atoms with E-state index in [4.69, 9.17) is 5.11 Å². The van der Waals surface area contributed by atoms with Crippen molar-refractivity contribution in [1.29, 1.82) is 0 Å². The van der Waals surface area contributed by atoms with E-state index in [-0.39, 0.29) is 17.0 Å². The van der Waals surface area contributed by atoms with Crippen molar-refractivity contribution in [2.75, 3.05) is 33.3 Å². The number of hydrogen-bond donors (Lipinski definition) is 1. The molecule has 0 aliphatic carbocycles. The highest BCUT2D eigenvalue weighted by molar-refractivity contribution is 4.47. The molecule has 0 rings (SSSR count). The first-order valence-electron chi connectivity index (χ1n) is 8.13. The summed E-state index contributed by atoms with van der Waals surface area (Å²) in [5.74, 6) is 0. The van der Waals surface area contributed by atoms with Crippen molar-refractivity contribution in [3.8, 4) is 0 Å². The van der Waals surface area contributed by atoms with Crippen LogP contribution in [0.5, 0.6) is 0 Å². The van der Waals surface area contributed by atoms with Crippen LogP contribution < -0.4 is 17.0 Å². The number of aliphatic hydroxyl groups is 1. The maximum Gasteiger partial charge on any atom is 0.0806 e. The van der Waals surface area contributed by atoms with Crippen molar-refractivity contribution in [2.45, 2.75) is 71.6 Å². The monoisotopic (exact) mass is 337 g/mol. The summed E-state index contributed by atoms with van der Waals surface area (Å²) in [5.41, 5.74) is 0. The molecule has 1 atom stereocenters. The number of nitrogens with zero attached hydrogens (tertiary/aromatic N) is 1. The first kappa shape index (κ1) is 21.7. The Morgan fingerprint density at radius 2 is 1.11 bits per heavy atom. The Labute approximate surface area is 131 Å². The Hall–Kier alpha value is 0.400. The van der Waals surface area contributed by atoms with E-state index in [9.17, 15) is 0 Å². The zero-order chi connectivity index (χ0) is 13.7. The molecule has 2 nitrogen and oxygen atoms in total. The summed E-state index contributed by atoms with van der Waals surface area (Å²) in [6.45, 7) is 8.62. The van der Waals surface area contributed by atoms with E-state index in [1.54, 1.807) is 0 Å². The number of quaternary nitrogens is 1. The van der Waals surface area contributed by atoms with Crippen LogP contribution in [-0.4, -0.2) is 42.9 Å². The fourth-order valence-corrected chi connectivity index (χ4v) is 2.63. The molecule has 0 bridgehead atoms. The topological polar surface area (TPSA) is 20.2 Å². The molecule has 0 aromatic rings. The summed E-state index contributed by atoms with van der Waals surface area (Å²) < 4.78 is 1.17. The van der Waals surface area contributed by atoms with Gasteiger partial charge >= 0.3 is 0 Å². The minimum absolute atomic E-state index is 0. The Balaban J connectivity index is 0. The van der Waals surface area contributed by atoms with Gasteiger partial charge in [-0.1, -0.05) is 39.5 Å². The van der Waals surface area contributed by atoms with Gasteiger partial charge in [0.05, 0.1) is 26.7 Å². The molecule has 0 radical (unpaired) electrons. The smallest absolute Gasteiger partial charge is 0.0806 e. The molecule has 0 spiro atoms. The standard InChI is InChI=1S/C16H36NO.BrH/c1-4-6-8-9-11-14-17(3,15-12-16-18)13-10-7-5-2;/h18H,4-16H2,1-3H3;1H/q+1;/p-1. The first-order valence-corrected chi connectivity index (χ1v) is 8.13. The lowest BCUT2D eigenvalue weighted by molar-refractivity contribution is -0.910. The fraction of sp³-hybridized carbons (Fsp3) is 1.00. The molecule has 0 aromatic carbocycles. The van der Waals surface area contributed by atoms with Crippen LogP contribution in [0.2, 0.25) is 0 Å². The number of aliphatic hydroxyl groups excluding tert-OH is 1. The van der Waals surface area contributed by atoms with E-state index in [2.05, 4.69) is 20.9 Å². The van der Waals surface area contributed by atoms with Crippen LogP contribution in [0.1, 0.15) is 71.6 Å². The third kappa shape index (κ3) is 13.1. The SMILES string of the molecule is CCCCCCC[N+](C)(CCCO)CCCCC.[Br-]. The summed E-state index contributed by atoms with van der Waals surface area (Å²) >= 11 is 0. The molecule has 0 saturated carbocycles. The average molecular weight is 338 g/mol. The molecule has 3 heteroatoms. The second-order valence-electron chi connectivity index (χ2n) is 5.99. The molecule has 0 aliphatic rings. The lowest BCUT2D eigenvalue weighted by Crippen LogP contribution is -3.00. The minimum Gasteiger partial charge on any atom is -1.00 e. The first-order chi connectivity index (χ1) is 8.68. The predicted octanol–water partition coefficient (Wildman–Crippen LogP) is 0.980. The van der Waals surface area contributed by atoms with Crippen molar-refractivity contribution in [3.05, 3.63) is 0 Å². The molecule has 118 valence electrons. The van der Waals surface area contributed by atoms with Crippen LogP contribution in [0.3, 0.4) is 0 Å². The zero-order valence-corrected chi connectivity index (χ0v) is 15.1. The van der Waals surface area contributed by atoms with Gasteiger partial charge in [-0.3, -0.25) is 0 Å². The van der Waals surface area contributed by atoms with Gasteiger partial charge in [-0.25, -0.2) is 0 Å². The molecule has 1 N–H and O–H groups in total.